The minimum absolute atomic E-state index is 0.00199. The fraction of sp³-hybridized carbons (Fsp3) is 0.882. The number of amides is 2. The molecule has 1 aliphatic heterocycles. The molecule has 4 nitrogen and oxygen atoms in total. The predicted octanol–water partition coefficient (Wildman–Crippen LogP) is 3.11. The van der Waals surface area contributed by atoms with Crippen LogP contribution in [0.15, 0.2) is 0 Å². The molecule has 1 N–H and O–H groups in total. The zero-order valence-corrected chi connectivity index (χ0v) is 14.3. The summed E-state index contributed by atoms with van der Waals surface area (Å²) in [5, 5.41) is 2.90. The highest BCUT2D eigenvalue weighted by atomic mass is 16.2. The van der Waals surface area contributed by atoms with E-state index in [0.717, 1.165) is 38.5 Å². The maximum Gasteiger partial charge on any atom is 0.246 e. The van der Waals surface area contributed by atoms with Gasteiger partial charge in [-0.15, -0.1) is 0 Å². The van der Waals surface area contributed by atoms with Crippen LogP contribution in [0.1, 0.15) is 73.1 Å². The average Bonchev–Trinajstić information content (AvgIpc) is 2.41. The first kappa shape index (κ1) is 18.0. The molecule has 4 heteroatoms. The van der Waals surface area contributed by atoms with Crippen molar-refractivity contribution < 1.29 is 9.59 Å². The molecule has 1 rings (SSSR count). The molecular weight excluding hydrogens is 264 g/mol. The monoisotopic (exact) mass is 296 g/mol. The molecule has 122 valence electrons. The molecule has 2 amide bonds. The number of piperazine rings is 1. The summed E-state index contributed by atoms with van der Waals surface area (Å²) >= 11 is 0. The second kappa shape index (κ2) is 8.40. The van der Waals surface area contributed by atoms with Crippen molar-refractivity contribution in [2.24, 2.45) is 5.92 Å². The van der Waals surface area contributed by atoms with Crippen molar-refractivity contribution in [3.05, 3.63) is 0 Å². The van der Waals surface area contributed by atoms with E-state index in [0.29, 0.717) is 5.92 Å². The van der Waals surface area contributed by atoms with Gasteiger partial charge in [-0.05, 0) is 32.1 Å². The van der Waals surface area contributed by atoms with Crippen molar-refractivity contribution in [1.29, 1.82) is 0 Å². The smallest absolute Gasteiger partial charge is 0.246 e. The number of carbonyl (C=O) groups is 2. The van der Waals surface area contributed by atoms with E-state index in [4.69, 9.17) is 0 Å². The lowest BCUT2D eigenvalue weighted by molar-refractivity contribution is -0.152. The molecule has 0 spiro atoms. The summed E-state index contributed by atoms with van der Waals surface area (Å²) in [6.07, 6.45) is 5.98. The number of carbonyl (C=O) groups excluding carboxylic acids is 2. The molecule has 21 heavy (non-hydrogen) atoms. The number of unbranched alkanes of at least 4 members (excludes halogenated alkanes) is 1. The van der Waals surface area contributed by atoms with E-state index < -0.39 is 0 Å². The topological polar surface area (TPSA) is 49.4 Å². The highest BCUT2D eigenvalue weighted by molar-refractivity contribution is 5.96. The van der Waals surface area contributed by atoms with Gasteiger partial charge in [0.2, 0.25) is 11.8 Å². The Kier molecular flexibility index (Phi) is 7.20. The number of nitrogens with zero attached hydrogens (tertiary/aromatic N) is 1. The van der Waals surface area contributed by atoms with Crippen LogP contribution < -0.4 is 5.32 Å². The van der Waals surface area contributed by atoms with Gasteiger partial charge in [-0.1, -0.05) is 47.0 Å². The SMILES string of the molecule is CCCCC(CCC)N1C(=O)C(CC(C)C)NC(=O)C1C. The van der Waals surface area contributed by atoms with Gasteiger partial charge in [0.05, 0.1) is 0 Å². The van der Waals surface area contributed by atoms with E-state index in [1.807, 2.05) is 11.8 Å². The van der Waals surface area contributed by atoms with E-state index in [-0.39, 0.29) is 29.9 Å². The summed E-state index contributed by atoms with van der Waals surface area (Å²) in [6.45, 7) is 10.3. The standard InChI is InChI=1S/C17H32N2O2/c1-6-8-10-14(9-7-2)19-13(5)16(20)18-15(17(19)21)11-12(3)4/h12-15H,6-11H2,1-5H3,(H,18,20). The fourth-order valence-electron chi connectivity index (χ4n) is 3.17. The number of hydrogen-bond acceptors (Lipinski definition) is 2. The largest absolute Gasteiger partial charge is 0.343 e. The van der Waals surface area contributed by atoms with Crippen molar-refractivity contribution >= 4 is 11.8 Å². The normalized spacial score (nSPS) is 24.4. The fourth-order valence-corrected chi connectivity index (χ4v) is 3.17. The first-order valence-electron chi connectivity index (χ1n) is 8.54. The molecule has 0 aromatic carbocycles. The van der Waals surface area contributed by atoms with Gasteiger partial charge in [0.25, 0.3) is 0 Å². The van der Waals surface area contributed by atoms with Crippen molar-refractivity contribution in [3.63, 3.8) is 0 Å². The third kappa shape index (κ3) is 4.72. The van der Waals surface area contributed by atoms with Crippen LogP contribution >= 0.6 is 0 Å². The average molecular weight is 296 g/mol. The Morgan fingerprint density at radius 1 is 1.14 bits per heavy atom. The third-order valence-electron chi connectivity index (χ3n) is 4.28. The van der Waals surface area contributed by atoms with Crippen molar-refractivity contribution in [3.8, 4) is 0 Å². The van der Waals surface area contributed by atoms with Gasteiger partial charge in [0.1, 0.15) is 12.1 Å². The van der Waals surface area contributed by atoms with Gasteiger partial charge in [0.15, 0.2) is 0 Å². The Balaban J connectivity index is 2.91. The zero-order valence-electron chi connectivity index (χ0n) is 14.3. The van der Waals surface area contributed by atoms with E-state index >= 15 is 0 Å². The molecule has 0 radical (unpaired) electrons. The van der Waals surface area contributed by atoms with E-state index in [1.54, 1.807) is 0 Å². The molecule has 0 bridgehead atoms. The predicted molar refractivity (Wildman–Crippen MR) is 85.9 cm³/mol. The molecule has 1 heterocycles. The van der Waals surface area contributed by atoms with Gasteiger partial charge in [-0.25, -0.2) is 0 Å². The number of nitrogens with one attached hydrogen (secondary N) is 1. The van der Waals surface area contributed by atoms with Crippen LogP contribution in [0.3, 0.4) is 0 Å². The van der Waals surface area contributed by atoms with Gasteiger partial charge in [0, 0.05) is 6.04 Å². The minimum atomic E-state index is -0.339. The van der Waals surface area contributed by atoms with Gasteiger partial charge in [-0.2, -0.15) is 0 Å². The summed E-state index contributed by atoms with van der Waals surface area (Å²) in [5.74, 6) is 0.512. The summed E-state index contributed by atoms with van der Waals surface area (Å²) in [4.78, 5) is 26.9. The molecule has 0 aromatic rings. The van der Waals surface area contributed by atoms with Crippen LogP contribution in [-0.4, -0.2) is 34.8 Å². The van der Waals surface area contributed by atoms with Crippen molar-refractivity contribution in [2.45, 2.75) is 91.3 Å². The van der Waals surface area contributed by atoms with Crippen molar-refractivity contribution in [1.82, 2.24) is 10.2 Å². The van der Waals surface area contributed by atoms with Crippen LogP contribution in [-0.2, 0) is 9.59 Å². The summed E-state index contributed by atoms with van der Waals surface area (Å²) in [7, 11) is 0. The quantitative estimate of drug-likeness (QED) is 0.748. The lowest BCUT2D eigenvalue weighted by Crippen LogP contribution is -2.65. The van der Waals surface area contributed by atoms with Gasteiger partial charge < -0.3 is 10.2 Å². The van der Waals surface area contributed by atoms with Crippen LogP contribution in [0.4, 0.5) is 0 Å². The number of rotatable bonds is 8. The van der Waals surface area contributed by atoms with Gasteiger partial charge >= 0.3 is 0 Å². The maximum atomic E-state index is 12.8. The Morgan fingerprint density at radius 3 is 2.33 bits per heavy atom. The van der Waals surface area contributed by atoms with Crippen LogP contribution in [0.2, 0.25) is 0 Å². The molecule has 0 saturated carbocycles. The molecular formula is C17H32N2O2. The van der Waals surface area contributed by atoms with E-state index in [2.05, 4.69) is 33.0 Å². The Hall–Kier alpha value is -1.06. The van der Waals surface area contributed by atoms with Gasteiger partial charge in [-0.3, -0.25) is 9.59 Å². The molecule has 1 aliphatic rings. The van der Waals surface area contributed by atoms with Crippen LogP contribution in [0, 0.1) is 5.92 Å². The van der Waals surface area contributed by atoms with Crippen LogP contribution in [0.25, 0.3) is 0 Å². The van der Waals surface area contributed by atoms with E-state index in [9.17, 15) is 9.59 Å². The summed E-state index contributed by atoms with van der Waals surface area (Å²) < 4.78 is 0. The van der Waals surface area contributed by atoms with E-state index in [1.165, 1.54) is 0 Å². The van der Waals surface area contributed by atoms with Crippen molar-refractivity contribution in [2.75, 3.05) is 0 Å². The molecule has 1 saturated heterocycles. The highest BCUT2D eigenvalue weighted by Gasteiger charge is 2.41. The second-order valence-electron chi connectivity index (χ2n) is 6.70. The lowest BCUT2D eigenvalue weighted by Gasteiger charge is -2.42. The first-order valence-corrected chi connectivity index (χ1v) is 8.54. The Labute approximate surface area is 129 Å². The molecule has 0 aromatic heterocycles. The minimum Gasteiger partial charge on any atom is -0.343 e. The Morgan fingerprint density at radius 2 is 1.81 bits per heavy atom. The Bertz CT molecular complexity index is 355. The zero-order chi connectivity index (χ0) is 16.0. The molecule has 0 aliphatic carbocycles. The molecule has 1 fully saturated rings. The number of hydrogen-bond donors (Lipinski definition) is 1. The lowest BCUT2D eigenvalue weighted by atomic mass is 9.94. The maximum absolute atomic E-state index is 12.8. The first-order chi connectivity index (χ1) is 9.92. The second-order valence-corrected chi connectivity index (χ2v) is 6.70. The summed E-state index contributed by atoms with van der Waals surface area (Å²) in [5.41, 5.74) is 0. The third-order valence-corrected chi connectivity index (χ3v) is 4.28. The van der Waals surface area contributed by atoms with Crippen LogP contribution in [0.5, 0.6) is 0 Å². The molecule has 3 unspecified atom stereocenters. The molecule has 3 atom stereocenters. The summed E-state index contributed by atoms with van der Waals surface area (Å²) in [6, 6.07) is -0.470. The highest BCUT2D eigenvalue weighted by Crippen LogP contribution is 2.23.